The van der Waals surface area contributed by atoms with Crippen LogP contribution in [0.1, 0.15) is 29.4 Å². The zero-order valence-electron chi connectivity index (χ0n) is 17.7. The van der Waals surface area contributed by atoms with Crippen LogP contribution in [0.4, 0.5) is 5.69 Å². The summed E-state index contributed by atoms with van der Waals surface area (Å²) in [6, 6.07) is 21.8. The fourth-order valence-electron chi connectivity index (χ4n) is 3.96. The average molecular weight is 432 g/mol. The summed E-state index contributed by atoms with van der Waals surface area (Å²) in [5.74, 6) is 0.545. The fourth-order valence-corrected chi connectivity index (χ4v) is 3.96. The topological polar surface area (TPSA) is 85.6 Å². The summed E-state index contributed by atoms with van der Waals surface area (Å²) >= 11 is 0. The van der Waals surface area contributed by atoms with E-state index < -0.39 is 0 Å². The molecule has 1 N–H and O–H groups in total. The van der Waals surface area contributed by atoms with E-state index in [1.165, 1.54) is 0 Å². The van der Waals surface area contributed by atoms with E-state index in [9.17, 15) is 4.79 Å². The molecule has 0 spiro atoms. The molecule has 160 valence electrons. The van der Waals surface area contributed by atoms with Crippen molar-refractivity contribution in [1.82, 2.24) is 24.7 Å². The van der Waals surface area contributed by atoms with Crippen LogP contribution in [0, 0.1) is 0 Å². The van der Waals surface area contributed by atoms with Gasteiger partial charge in [0.15, 0.2) is 5.82 Å². The van der Waals surface area contributed by atoms with Crippen LogP contribution in [0.15, 0.2) is 85.5 Å². The Labute approximate surface area is 190 Å². The van der Waals surface area contributed by atoms with E-state index in [1.54, 1.807) is 18.6 Å². The number of benzene rings is 2. The first-order valence-corrected chi connectivity index (χ1v) is 10.9. The highest BCUT2D eigenvalue weighted by Crippen LogP contribution is 2.37. The molecule has 0 unspecified atom stereocenters. The van der Waals surface area contributed by atoms with E-state index >= 15 is 0 Å². The Bertz CT molecular complexity index is 1490. The number of nitrogens with zero attached hydrogens (tertiary/aromatic N) is 5. The molecule has 0 bridgehead atoms. The van der Waals surface area contributed by atoms with Gasteiger partial charge in [-0.2, -0.15) is 0 Å². The van der Waals surface area contributed by atoms with E-state index in [0.29, 0.717) is 17.4 Å². The Morgan fingerprint density at radius 1 is 0.909 bits per heavy atom. The van der Waals surface area contributed by atoms with Gasteiger partial charge in [0, 0.05) is 40.6 Å². The number of hydrogen-bond donors (Lipinski definition) is 1. The molecule has 0 saturated heterocycles. The van der Waals surface area contributed by atoms with Crippen molar-refractivity contribution < 1.29 is 4.79 Å². The number of pyridine rings is 2. The Morgan fingerprint density at radius 2 is 1.82 bits per heavy atom. The van der Waals surface area contributed by atoms with Crippen molar-refractivity contribution in [2.45, 2.75) is 18.9 Å². The molecule has 1 saturated carbocycles. The molecule has 5 aromatic rings. The van der Waals surface area contributed by atoms with Gasteiger partial charge in [-0.1, -0.05) is 30.3 Å². The molecule has 3 heterocycles. The van der Waals surface area contributed by atoms with Gasteiger partial charge in [0.1, 0.15) is 12.0 Å². The first-order valence-electron chi connectivity index (χ1n) is 10.9. The standard InChI is InChI=1S/C26H20N6O/c33-26(30-21-6-3-5-19(13-21)25-31-29-16-32(25)22-8-9-22)24-14-17(10-11-27-24)20-12-18-4-1-2-7-23(18)28-15-20/h1-7,10-16,22H,8-9H2,(H,30,33). The molecule has 1 aliphatic carbocycles. The molecule has 7 nitrogen and oxygen atoms in total. The number of anilines is 1. The Morgan fingerprint density at radius 3 is 2.73 bits per heavy atom. The van der Waals surface area contributed by atoms with Gasteiger partial charge in [0.25, 0.3) is 5.91 Å². The van der Waals surface area contributed by atoms with Crippen molar-refractivity contribution in [3.05, 3.63) is 91.1 Å². The number of para-hydroxylation sites is 1. The van der Waals surface area contributed by atoms with Crippen molar-refractivity contribution in [3.8, 4) is 22.5 Å². The number of aromatic nitrogens is 5. The molecule has 6 rings (SSSR count). The summed E-state index contributed by atoms with van der Waals surface area (Å²) in [7, 11) is 0. The second-order valence-electron chi connectivity index (χ2n) is 8.17. The van der Waals surface area contributed by atoms with Gasteiger partial charge in [-0.15, -0.1) is 10.2 Å². The molecule has 1 fully saturated rings. The summed E-state index contributed by atoms with van der Waals surface area (Å²) in [4.78, 5) is 21.8. The number of rotatable bonds is 5. The maximum absolute atomic E-state index is 13.0. The zero-order chi connectivity index (χ0) is 22.2. The predicted molar refractivity (Wildman–Crippen MR) is 127 cm³/mol. The summed E-state index contributed by atoms with van der Waals surface area (Å²) in [5.41, 5.74) is 4.70. The minimum Gasteiger partial charge on any atom is -0.321 e. The van der Waals surface area contributed by atoms with Crippen molar-refractivity contribution >= 4 is 22.5 Å². The highest BCUT2D eigenvalue weighted by Gasteiger charge is 2.26. The van der Waals surface area contributed by atoms with Crippen molar-refractivity contribution in [1.29, 1.82) is 0 Å². The Kier molecular flexibility index (Phi) is 4.65. The smallest absolute Gasteiger partial charge is 0.274 e. The van der Waals surface area contributed by atoms with E-state index in [2.05, 4.69) is 36.1 Å². The minimum atomic E-state index is -0.272. The zero-order valence-corrected chi connectivity index (χ0v) is 17.7. The SMILES string of the molecule is O=C(Nc1cccc(-c2nncn2C2CC2)c1)c1cc(-c2cnc3ccccc3c2)ccn1. The van der Waals surface area contributed by atoms with Gasteiger partial charge in [-0.3, -0.25) is 14.8 Å². The van der Waals surface area contributed by atoms with Crippen molar-refractivity contribution in [2.24, 2.45) is 0 Å². The molecular formula is C26H20N6O. The van der Waals surface area contributed by atoms with Gasteiger partial charge in [-0.25, -0.2) is 0 Å². The largest absolute Gasteiger partial charge is 0.321 e. The Balaban J connectivity index is 1.25. The quantitative estimate of drug-likeness (QED) is 0.415. The van der Waals surface area contributed by atoms with Crippen molar-refractivity contribution in [3.63, 3.8) is 0 Å². The first-order chi connectivity index (χ1) is 16.2. The van der Waals surface area contributed by atoms with Crippen LogP contribution in [0.25, 0.3) is 33.4 Å². The summed E-state index contributed by atoms with van der Waals surface area (Å²) in [5, 5.41) is 12.3. The molecule has 0 radical (unpaired) electrons. The van der Waals surface area contributed by atoms with Crippen LogP contribution in [0.5, 0.6) is 0 Å². The number of carbonyl (C=O) groups is 1. The first kappa shape index (κ1) is 19.3. The predicted octanol–water partition coefficient (Wildman–Crippen LogP) is 5.14. The summed E-state index contributed by atoms with van der Waals surface area (Å²) < 4.78 is 2.10. The van der Waals surface area contributed by atoms with Crippen LogP contribution in [-0.2, 0) is 0 Å². The van der Waals surface area contributed by atoms with Crippen molar-refractivity contribution in [2.75, 3.05) is 5.32 Å². The molecule has 2 aromatic carbocycles. The highest BCUT2D eigenvalue weighted by atomic mass is 16.1. The van der Waals surface area contributed by atoms with Crippen LogP contribution < -0.4 is 5.32 Å². The monoisotopic (exact) mass is 432 g/mol. The lowest BCUT2D eigenvalue weighted by Crippen LogP contribution is -2.13. The second kappa shape index (κ2) is 7.94. The van der Waals surface area contributed by atoms with Crippen LogP contribution in [0.2, 0.25) is 0 Å². The third-order valence-electron chi connectivity index (χ3n) is 5.81. The molecular weight excluding hydrogens is 412 g/mol. The lowest BCUT2D eigenvalue weighted by molar-refractivity contribution is 0.102. The number of nitrogens with one attached hydrogen (secondary N) is 1. The molecule has 33 heavy (non-hydrogen) atoms. The normalized spacial score (nSPS) is 13.2. The van der Waals surface area contributed by atoms with Crippen LogP contribution in [-0.4, -0.2) is 30.6 Å². The summed E-state index contributed by atoms with van der Waals surface area (Å²) in [6.45, 7) is 0. The minimum absolute atomic E-state index is 0.272. The number of hydrogen-bond acceptors (Lipinski definition) is 5. The third-order valence-corrected chi connectivity index (χ3v) is 5.81. The molecule has 3 aromatic heterocycles. The maximum atomic E-state index is 13.0. The highest BCUT2D eigenvalue weighted by molar-refractivity contribution is 6.03. The van der Waals surface area contributed by atoms with Gasteiger partial charge in [0.2, 0.25) is 0 Å². The fraction of sp³-hybridized carbons (Fsp3) is 0.115. The molecule has 1 amide bonds. The van der Waals surface area contributed by atoms with Gasteiger partial charge in [-0.05, 0) is 54.8 Å². The molecule has 7 heteroatoms. The summed E-state index contributed by atoms with van der Waals surface area (Å²) in [6.07, 6.45) is 7.54. The van der Waals surface area contributed by atoms with Crippen LogP contribution >= 0.6 is 0 Å². The Hall–Kier alpha value is -4.39. The number of amides is 1. The van der Waals surface area contributed by atoms with E-state index in [0.717, 1.165) is 46.3 Å². The van der Waals surface area contributed by atoms with Gasteiger partial charge >= 0.3 is 0 Å². The molecule has 0 atom stereocenters. The third kappa shape index (κ3) is 3.85. The van der Waals surface area contributed by atoms with E-state index in [1.807, 2.05) is 60.8 Å². The van der Waals surface area contributed by atoms with Gasteiger partial charge in [0.05, 0.1) is 5.52 Å². The van der Waals surface area contributed by atoms with E-state index in [4.69, 9.17) is 0 Å². The average Bonchev–Trinajstić information content (AvgIpc) is 3.59. The van der Waals surface area contributed by atoms with Crippen LogP contribution in [0.3, 0.4) is 0 Å². The molecule has 0 aliphatic heterocycles. The lowest BCUT2D eigenvalue weighted by atomic mass is 10.1. The number of fused-ring (bicyclic) bond motifs is 1. The number of carbonyl (C=O) groups excluding carboxylic acids is 1. The molecule has 1 aliphatic rings. The van der Waals surface area contributed by atoms with Gasteiger partial charge < -0.3 is 9.88 Å². The van der Waals surface area contributed by atoms with E-state index in [-0.39, 0.29) is 5.91 Å². The maximum Gasteiger partial charge on any atom is 0.274 e. The second-order valence-corrected chi connectivity index (χ2v) is 8.17. The lowest BCUT2D eigenvalue weighted by Gasteiger charge is -2.09.